The second-order valence-electron chi connectivity index (χ2n) is 5.32. The number of fused-ring (bicyclic) bond motifs is 1. The topological polar surface area (TPSA) is 26.0 Å². The Morgan fingerprint density at radius 1 is 1.24 bits per heavy atom. The number of benzene rings is 2. The van der Waals surface area contributed by atoms with Crippen LogP contribution in [-0.2, 0) is 0 Å². The highest BCUT2D eigenvalue weighted by Gasteiger charge is 2.45. The maximum Gasteiger partial charge on any atom is 0.202 e. The lowest BCUT2D eigenvalue weighted by molar-refractivity contribution is -0.00000405. The molecule has 4 heteroatoms. The van der Waals surface area contributed by atoms with Gasteiger partial charge in [-0.3, -0.25) is 5.73 Å². The zero-order valence-corrected chi connectivity index (χ0v) is 15.2. The molecule has 1 aliphatic rings. The summed E-state index contributed by atoms with van der Waals surface area (Å²) in [4.78, 5) is 1.26. The minimum Gasteiger partial charge on any atom is -1.00 e. The lowest BCUT2D eigenvalue weighted by Gasteiger charge is -2.33. The van der Waals surface area contributed by atoms with Crippen molar-refractivity contribution in [1.29, 1.82) is 0 Å². The molecule has 0 radical (unpaired) electrons. The molecule has 0 spiro atoms. The summed E-state index contributed by atoms with van der Waals surface area (Å²) in [5, 5.41) is 0. The Morgan fingerprint density at radius 3 is 2.52 bits per heavy atom. The van der Waals surface area contributed by atoms with Crippen LogP contribution in [0, 0.1) is 6.92 Å². The highest BCUT2D eigenvalue weighted by atomic mass is 127. The summed E-state index contributed by atoms with van der Waals surface area (Å²) in [7, 11) is 2.18. The van der Waals surface area contributed by atoms with Crippen molar-refractivity contribution >= 4 is 29.2 Å². The van der Waals surface area contributed by atoms with E-state index in [-0.39, 0.29) is 29.5 Å². The van der Waals surface area contributed by atoms with Crippen LogP contribution in [0.2, 0.25) is 0 Å². The van der Waals surface area contributed by atoms with Gasteiger partial charge in [-0.25, -0.2) is 4.48 Å². The zero-order chi connectivity index (χ0) is 14.3. The summed E-state index contributed by atoms with van der Waals surface area (Å²) in [6.07, 6.45) is 1.93. The molecule has 110 valence electrons. The van der Waals surface area contributed by atoms with E-state index in [2.05, 4.69) is 56.9 Å². The van der Waals surface area contributed by atoms with Crippen molar-refractivity contribution < 1.29 is 24.0 Å². The molecule has 0 fully saturated rings. The van der Waals surface area contributed by atoms with Gasteiger partial charge in [0, 0.05) is 5.56 Å². The summed E-state index contributed by atoms with van der Waals surface area (Å²) in [5.74, 6) is 0. The van der Waals surface area contributed by atoms with Crippen LogP contribution in [0.15, 0.2) is 53.9 Å². The number of nitrogens with two attached hydrogens (primary N) is 1. The Bertz CT molecular complexity index is 672. The number of thioether (sulfide) groups is 1. The van der Waals surface area contributed by atoms with Crippen LogP contribution in [0.5, 0.6) is 0 Å². The summed E-state index contributed by atoms with van der Waals surface area (Å²) < 4.78 is 0.614. The van der Waals surface area contributed by atoms with Gasteiger partial charge in [0.25, 0.3) is 0 Å². The molecule has 0 amide bonds. The first-order valence-electron chi connectivity index (χ1n) is 6.69. The number of para-hydroxylation sites is 1. The molecule has 2 unspecified atom stereocenters. The van der Waals surface area contributed by atoms with Crippen LogP contribution in [0.3, 0.4) is 0 Å². The number of aryl methyl sites for hydroxylation is 1. The fraction of sp³-hybridized carbons (Fsp3) is 0.176. The van der Waals surface area contributed by atoms with Crippen LogP contribution >= 0.6 is 11.8 Å². The average Bonchev–Trinajstić information content (AvgIpc) is 2.71. The molecule has 2 aromatic rings. The van der Waals surface area contributed by atoms with Gasteiger partial charge >= 0.3 is 0 Å². The summed E-state index contributed by atoms with van der Waals surface area (Å²) in [6, 6.07) is 14.9. The fourth-order valence-electron chi connectivity index (χ4n) is 2.89. The predicted molar refractivity (Wildman–Crippen MR) is 88.9 cm³/mol. The standard InChI is InChI=1S/C17H19N2S.HI/c1-4-13-10-12(2)11-15-16(13)19(3,17(18)20-15)14-8-6-5-7-9-14;/h4-11,17H,1,18H2,2-3H3;1H/q+1;/p-1. The maximum absolute atomic E-state index is 6.47. The lowest BCUT2D eigenvalue weighted by atomic mass is 10.1. The minimum atomic E-state index is -0.0344. The third-order valence-electron chi connectivity index (χ3n) is 3.98. The first-order valence-corrected chi connectivity index (χ1v) is 7.57. The maximum atomic E-state index is 6.47. The molecule has 1 aliphatic heterocycles. The molecule has 0 saturated heterocycles. The molecule has 0 aromatic heterocycles. The summed E-state index contributed by atoms with van der Waals surface area (Å²) in [5.41, 5.74) is 11.3. The highest BCUT2D eigenvalue weighted by molar-refractivity contribution is 8.00. The quantitative estimate of drug-likeness (QED) is 0.596. The Balaban J connectivity index is 0.00000161. The Kier molecular flexibility index (Phi) is 4.82. The van der Waals surface area contributed by atoms with Crippen molar-refractivity contribution in [1.82, 2.24) is 4.48 Å². The number of quaternary nitrogens is 1. The van der Waals surface area contributed by atoms with Crippen molar-refractivity contribution in [3.05, 3.63) is 60.2 Å². The Morgan fingerprint density at radius 2 is 1.90 bits per heavy atom. The first kappa shape index (κ1) is 16.5. The Labute approximate surface area is 147 Å². The van der Waals surface area contributed by atoms with Crippen molar-refractivity contribution in [2.45, 2.75) is 17.3 Å². The number of hydrogen-bond acceptors (Lipinski definition) is 2. The van der Waals surface area contributed by atoms with Crippen molar-refractivity contribution in [2.75, 3.05) is 7.05 Å². The molecule has 0 bridgehead atoms. The van der Waals surface area contributed by atoms with Gasteiger partial charge in [-0.1, -0.05) is 30.9 Å². The highest BCUT2D eigenvalue weighted by Crippen LogP contribution is 2.52. The van der Waals surface area contributed by atoms with E-state index in [9.17, 15) is 0 Å². The molecule has 2 aromatic carbocycles. The van der Waals surface area contributed by atoms with Gasteiger partial charge in [-0.2, -0.15) is 0 Å². The molecule has 2 atom stereocenters. The van der Waals surface area contributed by atoms with Crippen LogP contribution in [0.4, 0.5) is 11.4 Å². The zero-order valence-electron chi connectivity index (χ0n) is 12.2. The molecule has 3 rings (SSSR count). The van der Waals surface area contributed by atoms with Crippen molar-refractivity contribution in [2.24, 2.45) is 5.73 Å². The van der Waals surface area contributed by atoms with Crippen molar-refractivity contribution in [3.8, 4) is 0 Å². The third kappa shape index (κ3) is 2.54. The molecule has 2 N–H and O–H groups in total. The van der Waals surface area contributed by atoms with Gasteiger partial charge in [-0.05, 0) is 48.5 Å². The molecule has 0 saturated carbocycles. The number of halogens is 1. The van der Waals surface area contributed by atoms with Gasteiger partial charge in [0.15, 0.2) is 5.69 Å². The third-order valence-corrected chi connectivity index (χ3v) is 5.21. The summed E-state index contributed by atoms with van der Waals surface area (Å²) >= 11 is 1.74. The van der Waals surface area contributed by atoms with E-state index < -0.39 is 0 Å². The van der Waals surface area contributed by atoms with Gasteiger partial charge in [0.2, 0.25) is 5.50 Å². The van der Waals surface area contributed by atoms with Gasteiger partial charge in [0.1, 0.15) is 5.69 Å². The van der Waals surface area contributed by atoms with Gasteiger partial charge in [-0.15, -0.1) is 0 Å². The molecular weight excluding hydrogens is 391 g/mol. The smallest absolute Gasteiger partial charge is 0.202 e. The number of rotatable bonds is 2. The van der Waals surface area contributed by atoms with Gasteiger partial charge < -0.3 is 24.0 Å². The number of hydrogen-bond donors (Lipinski definition) is 1. The van der Waals surface area contributed by atoms with Crippen LogP contribution in [-0.4, -0.2) is 12.5 Å². The van der Waals surface area contributed by atoms with E-state index in [1.165, 1.54) is 27.4 Å². The second-order valence-corrected chi connectivity index (χ2v) is 6.48. The van der Waals surface area contributed by atoms with Crippen LogP contribution in [0.25, 0.3) is 6.08 Å². The van der Waals surface area contributed by atoms with E-state index >= 15 is 0 Å². The molecular formula is C17H19IN2S. The van der Waals surface area contributed by atoms with Crippen LogP contribution in [0.1, 0.15) is 11.1 Å². The minimum absolute atomic E-state index is 0. The van der Waals surface area contributed by atoms with Crippen molar-refractivity contribution in [3.63, 3.8) is 0 Å². The molecule has 0 aliphatic carbocycles. The molecule has 2 nitrogen and oxygen atoms in total. The monoisotopic (exact) mass is 410 g/mol. The Hall–Kier alpha value is -0.820. The van der Waals surface area contributed by atoms with Gasteiger partial charge in [0.05, 0.1) is 11.9 Å². The first-order chi connectivity index (χ1) is 9.57. The van der Waals surface area contributed by atoms with E-state index in [1.54, 1.807) is 11.8 Å². The average molecular weight is 410 g/mol. The normalized spacial score (nSPS) is 23.3. The van der Waals surface area contributed by atoms with E-state index in [4.69, 9.17) is 5.73 Å². The largest absolute Gasteiger partial charge is 1.00 e. The molecule has 1 heterocycles. The summed E-state index contributed by atoms with van der Waals surface area (Å²) in [6.45, 7) is 6.09. The second kappa shape index (κ2) is 6.12. The molecule has 21 heavy (non-hydrogen) atoms. The fourth-order valence-corrected chi connectivity index (χ4v) is 4.26. The van der Waals surface area contributed by atoms with E-state index in [1.807, 2.05) is 12.1 Å². The van der Waals surface area contributed by atoms with E-state index in [0.717, 1.165) is 0 Å². The number of nitrogens with zero attached hydrogens (tertiary/aromatic N) is 1. The predicted octanol–water partition coefficient (Wildman–Crippen LogP) is 1.26. The SMILES string of the molecule is C=Cc1cc(C)cc2c1[N+](C)(c1ccccc1)C(N)S2.[I-]. The van der Waals surface area contributed by atoms with Crippen LogP contribution < -0.4 is 34.2 Å². The lowest BCUT2D eigenvalue weighted by Crippen LogP contribution is -3.00. The van der Waals surface area contributed by atoms with E-state index in [0.29, 0.717) is 4.48 Å².